The Morgan fingerprint density at radius 1 is 1.21 bits per heavy atom. The van der Waals surface area contributed by atoms with Gasteiger partial charge >= 0.3 is 6.09 Å². The van der Waals surface area contributed by atoms with Crippen molar-refractivity contribution >= 4 is 11.8 Å². The Kier molecular flexibility index (Phi) is 5.02. The average Bonchev–Trinajstić information content (AvgIpc) is 3.21. The topological polar surface area (TPSA) is 60.7 Å². The number of amides is 1. The maximum absolute atomic E-state index is 12.3. The Hall–Kier alpha value is -2.53. The molecule has 2 bridgehead atoms. The Morgan fingerprint density at radius 2 is 2.00 bits per heavy atom. The van der Waals surface area contributed by atoms with Gasteiger partial charge in [-0.15, -0.1) is 0 Å². The third-order valence-electron chi connectivity index (χ3n) is 6.56. The number of rotatable bonds is 4. The lowest BCUT2D eigenvalue weighted by Gasteiger charge is -2.54. The van der Waals surface area contributed by atoms with Crippen molar-refractivity contribution in [2.45, 2.75) is 26.9 Å². The molecule has 1 amide bonds. The average molecular weight is 381 g/mol. The minimum atomic E-state index is -0.434. The first-order valence-electron chi connectivity index (χ1n) is 9.83. The molecule has 5 heteroatoms. The molecule has 148 valence electrons. The molecule has 0 unspecified atom stereocenters. The number of furan rings is 1. The standard InChI is InChI=1S/C23H27NO4/c1-15-12-16(2)23(14-28-22(25)24-18-8-5-4-6-9-18)13-27-21(20(15)17(23)3)19-10-7-11-26-19/h4-12,16-17,20-21H,13-14H2,1-3H3,(H,24,25)/t16-,17-,20+,21-,23+/m0/s1. The predicted octanol–water partition coefficient (Wildman–Crippen LogP) is 5.43. The van der Waals surface area contributed by atoms with Crippen LogP contribution in [0.5, 0.6) is 0 Å². The molecule has 5 nitrogen and oxygen atoms in total. The van der Waals surface area contributed by atoms with Crippen LogP contribution in [-0.2, 0) is 9.47 Å². The van der Waals surface area contributed by atoms with Crippen LogP contribution in [0.3, 0.4) is 0 Å². The number of ether oxygens (including phenoxy) is 2. The first-order valence-corrected chi connectivity index (χ1v) is 9.83. The summed E-state index contributed by atoms with van der Waals surface area (Å²) in [5.41, 5.74) is 1.79. The number of para-hydroxylation sites is 1. The van der Waals surface area contributed by atoms with Crippen molar-refractivity contribution in [3.05, 3.63) is 66.1 Å². The van der Waals surface area contributed by atoms with Gasteiger partial charge in [-0.05, 0) is 43.0 Å². The largest absolute Gasteiger partial charge is 0.467 e. The van der Waals surface area contributed by atoms with Crippen molar-refractivity contribution in [2.75, 3.05) is 18.5 Å². The van der Waals surface area contributed by atoms with Gasteiger partial charge in [-0.3, -0.25) is 5.32 Å². The minimum absolute atomic E-state index is 0.0972. The monoisotopic (exact) mass is 381 g/mol. The number of hydrogen-bond donors (Lipinski definition) is 1. The number of allylic oxidation sites excluding steroid dienone is 1. The lowest BCUT2D eigenvalue weighted by atomic mass is 9.56. The smallest absolute Gasteiger partial charge is 0.411 e. The molecule has 1 aliphatic heterocycles. The molecule has 5 atom stereocenters. The Labute approximate surface area is 165 Å². The van der Waals surface area contributed by atoms with E-state index in [1.807, 2.05) is 42.5 Å². The Balaban J connectivity index is 1.51. The summed E-state index contributed by atoms with van der Waals surface area (Å²) in [5, 5.41) is 2.79. The number of benzene rings is 1. The highest BCUT2D eigenvalue weighted by Gasteiger charge is 2.55. The summed E-state index contributed by atoms with van der Waals surface area (Å²) in [5.74, 6) is 1.61. The van der Waals surface area contributed by atoms with Crippen LogP contribution in [0.15, 0.2) is 64.8 Å². The number of nitrogens with one attached hydrogen (secondary N) is 1. The molecule has 2 aliphatic rings. The van der Waals surface area contributed by atoms with Crippen LogP contribution in [0.25, 0.3) is 0 Å². The van der Waals surface area contributed by atoms with Gasteiger partial charge in [0.05, 0.1) is 12.9 Å². The first-order chi connectivity index (χ1) is 13.5. The number of fused-ring (bicyclic) bond motifs is 2. The Bertz CT molecular complexity index is 845. The van der Waals surface area contributed by atoms with Crippen molar-refractivity contribution in [1.29, 1.82) is 0 Å². The van der Waals surface area contributed by atoms with E-state index in [9.17, 15) is 4.79 Å². The third-order valence-corrected chi connectivity index (χ3v) is 6.56. The van der Waals surface area contributed by atoms with E-state index in [0.717, 1.165) is 11.4 Å². The lowest BCUT2D eigenvalue weighted by Crippen LogP contribution is -2.54. The maximum Gasteiger partial charge on any atom is 0.411 e. The number of hydrogen-bond acceptors (Lipinski definition) is 4. The molecule has 2 aromatic rings. The second-order valence-electron chi connectivity index (χ2n) is 8.06. The molecule has 0 radical (unpaired) electrons. The second kappa shape index (κ2) is 7.47. The van der Waals surface area contributed by atoms with E-state index in [4.69, 9.17) is 13.9 Å². The van der Waals surface area contributed by atoms with Gasteiger partial charge in [0.1, 0.15) is 18.5 Å². The van der Waals surface area contributed by atoms with Gasteiger partial charge in [0.2, 0.25) is 0 Å². The summed E-state index contributed by atoms with van der Waals surface area (Å²) in [4.78, 5) is 12.3. The SMILES string of the molecule is CC1=C[C@H](C)[C@]2(COC(=O)Nc3ccccc3)CO[C@@H](c3ccco3)[C@H]1[C@@H]2C. The molecule has 2 heterocycles. The van der Waals surface area contributed by atoms with Gasteiger partial charge in [-0.25, -0.2) is 4.79 Å². The highest BCUT2D eigenvalue weighted by atomic mass is 16.6. The zero-order chi connectivity index (χ0) is 19.7. The molecule has 1 aromatic heterocycles. The van der Waals surface area contributed by atoms with Crippen LogP contribution >= 0.6 is 0 Å². The molecule has 4 rings (SSSR count). The highest BCUT2D eigenvalue weighted by molar-refractivity contribution is 5.84. The molecule has 0 spiro atoms. The van der Waals surface area contributed by atoms with Crippen LogP contribution in [0.4, 0.5) is 10.5 Å². The number of anilines is 1. The first kappa shape index (κ1) is 18.8. The quantitative estimate of drug-likeness (QED) is 0.717. The fourth-order valence-electron chi connectivity index (χ4n) is 4.84. The number of carbonyl (C=O) groups is 1. The Morgan fingerprint density at radius 3 is 2.71 bits per heavy atom. The highest BCUT2D eigenvalue weighted by Crippen LogP contribution is 2.56. The van der Waals surface area contributed by atoms with E-state index >= 15 is 0 Å². The zero-order valence-electron chi connectivity index (χ0n) is 16.6. The molecular weight excluding hydrogens is 354 g/mol. The normalized spacial score (nSPS) is 31.8. The summed E-state index contributed by atoms with van der Waals surface area (Å²) >= 11 is 0. The molecule has 1 fully saturated rings. The van der Waals surface area contributed by atoms with Gasteiger partial charge in [-0.2, -0.15) is 0 Å². The van der Waals surface area contributed by atoms with E-state index in [2.05, 4.69) is 32.2 Å². The van der Waals surface area contributed by atoms with E-state index in [1.54, 1.807) is 6.26 Å². The fourth-order valence-corrected chi connectivity index (χ4v) is 4.84. The molecular formula is C23H27NO4. The molecule has 1 aromatic carbocycles. The molecule has 1 saturated heterocycles. The van der Waals surface area contributed by atoms with Crippen molar-refractivity contribution in [1.82, 2.24) is 0 Å². The fraction of sp³-hybridized carbons (Fsp3) is 0.435. The van der Waals surface area contributed by atoms with Crippen LogP contribution in [0.1, 0.15) is 32.6 Å². The van der Waals surface area contributed by atoms with Crippen molar-refractivity contribution in [3.63, 3.8) is 0 Å². The van der Waals surface area contributed by atoms with Gasteiger partial charge in [-0.1, -0.05) is 43.7 Å². The summed E-state index contributed by atoms with van der Waals surface area (Å²) in [7, 11) is 0. The minimum Gasteiger partial charge on any atom is -0.467 e. The van der Waals surface area contributed by atoms with Crippen molar-refractivity contribution in [2.24, 2.45) is 23.2 Å². The maximum atomic E-state index is 12.3. The second-order valence-corrected chi connectivity index (χ2v) is 8.06. The molecule has 28 heavy (non-hydrogen) atoms. The predicted molar refractivity (Wildman–Crippen MR) is 107 cm³/mol. The van der Waals surface area contributed by atoms with Gasteiger partial charge in [0.25, 0.3) is 0 Å². The van der Waals surface area contributed by atoms with E-state index < -0.39 is 6.09 Å². The van der Waals surface area contributed by atoms with Crippen LogP contribution in [0.2, 0.25) is 0 Å². The van der Waals surface area contributed by atoms with Crippen LogP contribution in [-0.4, -0.2) is 19.3 Å². The van der Waals surface area contributed by atoms with Crippen LogP contribution in [0, 0.1) is 23.2 Å². The van der Waals surface area contributed by atoms with E-state index in [0.29, 0.717) is 19.1 Å². The summed E-state index contributed by atoms with van der Waals surface area (Å²) in [6, 6.07) is 13.2. The summed E-state index contributed by atoms with van der Waals surface area (Å²) in [6.07, 6.45) is 3.46. The van der Waals surface area contributed by atoms with E-state index in [1.165, 1.54) is 5.57 Å². The van der Waals surface area contributed by atoms with Crippen LogP contribution < -0.4 is 5.32 Å². The molecule has 0 saturated carbocycles. The van der Waals surface area contributed by atoms with Gasteiger partial charge in [0.15, 0.2) is 0 Å². The summed E-state index contributed by atoms with van der Waals surface area (Å²) in [6.45, 7) is 7.44. The van der Waals surface area contributed by atoms with Gasteiger partial charge < -0.3 is 13.9 Å². The lowest BCUT2D eigenvalue weighted by molar-refractivity contribution is -0.169. The van der Waals surface area contributed by atoms with Crippen molar-refractivity contribution in [3.8, 4) is 0 Å². The zero-order valence-corrected chi connectivity index (χ0v) is 16.6. The van der Waals surface area contributed by atoms with Crippen molar-refractivity contribution < 1.29 is 18.7 Å². The van der Waals surface area contributed by atoms with E-state index in [-0.39, 0.29) is 23.4 Å². The third kappa shape index (κ3) is 3.24. The van der Waals surface area contributed by atoms with Gasteiger partial charge in [0, 0.05) is 17.0 Å². The number of carbonyl (C=O) groups excluding carboxylic acids is 1. The molecule has 1 aliphatic carbocycles. The molecule has 1 N–H and O–H groups in total. The summed E-state index contributed by atoms with van der Waals surface area (Å²) < 4.78 is 17.6.